The number of carbonyl (C=O) groups excluding carboxylic acids is 2. The summed E-state index contributed by atoms with van der Waals surface area (Å²) in [7, 11) is 0. The summed E-state index contributed by atoms with van der Waals surface area (Å²) in [5.41, 5.74) is 5.32. The minimum Gasteiger partial charge on any atom is -0.370 e. The molecule has 7 nitrogen and oxygen atoms in total. The Kier molecular flexibility index (Phi) is 22.1. The summed E-state index contributed by atoms with van der Waals surface area (Å²) in [4.78, 5) is 25.1. The number of amides is 2. The molecule has 0 saturated carbocycles. The van der Waals surface area contributed by atoms with E-state index in [4.69, 9.17) is 11.1 Å². The summed E-state index contributed by atoms with van der Waals surface area (Å²) in [5.74, 6) is -0.225. The molecule has 0 aromatic carbocycles. The lowest BCUT2D eigenvalue weighted by Gasteiger charge is -2.19. The Morgan fingerprint density at radius 3 is 1.73 bits per heavy atom. The molecule has 0 fully saturated rings. The second-order valence-electron chi connectivity index (χ2n) is 9.24. The highest BCUT2D eigenvalue weighted by Gasteiger charge is 2.19. The predicted molar refractivity (Wildman–Crippen MR) is 139 cm³/mol. The first-order valence-electron chi connectivity index (χ1n) is 13.7. The van der Waals surface area contributed by atoms with Crippen LogP contribution in [0.2, 0.25) is 0 Å². The van der Waals surface area contributed by atoms with Crippen molar-refractivity contribution in [1.29, 1.82) is 5.41 Å². The van der Waals surface area contributed by atoms with Gasteiger partial charge in [-0.3, -0.25) is 15.0 Å². The lowest BCUT2D eigenvalue weighted by molar-refractivity contribution is -0.129. The van der Waals surface area contributed by atoms with Crippen molar-refractivity contribution in [3.8, 4) is 0 Å². The Labute approximate surface area is 203 Å². The zero-order chi connectivity index (χ0) is 24.6. The van der Waals surface area contributed by atoms with Crippen LogP contribution in [-0.2, 0) is 9.59 Å². The number of hydrogen-bond acceptors (Lipinski definition) is 3. The molecule has 0 aliphatic heterocycles. The monoisotopic (exact) mass is 467 g/mol. The Hall–Kier alpha value is -1.79. The normalized spacial score (nSPS) is 11.7. The van der Waals surface area contributed by atoms with E-state index in [2.05, 4.69) is 29.8 Å². The first-order valence-corrected chi connectivity index (χ1v) is 13.7. The van der Waals surface area contributed by atoms with Crippen LogP contribution < -0.4 is 21.7 Å². The second kappa shape index (κ2) is 23.4. The van der Waals surface area contributed by atoms with Crippen LogP contribution in [0.1, 0.15) is 129 Å². The van der Waals surface area contributed by atoms with Crippen molar-refractivity contribution in [2.45, 2.75) is 135 Å². The van der Waals surface area contributed by atoms with E-state index in [0.29, 0.717) is 32.4 Å². The van der Waals surface area contributed by atoms with E-state index in [1.165, 1.54) is 70.6 Å². The van der Waals surface area contributed by atoms with E-state index in [0.717, 1.165) is 25.7 Å². The molecule has 0 radical (unpaired) electrons. The number of hydrogen-bond donors (Lipinski definition) is 5. The third-order valence-electron chi connectivity index (χ3n) is 5.97. The summed E-state index contributed by atoms with van der Waals surface area (Å²) < 4.78 is 0. The fourth-order valence-corrected chi connectivity index (χ4v) is 3.90. The number of nitrogens with two attached hydrogens (primary N) is 1. The third-order valence-corrected chi connectivity index (χ3v) is 5.97. The summed E-state index contributed by atoms with van der Waals surface area (Å²) in [6.45, 7) is 5.61. The molecule has 1 atom stereocenters. The van der Waals surface area contributed by atoms with E-state index < -0.39 is 6.04 Å². The van der Waals surface area contributed by atoms with Crippen LogP contribution in [0.5, 0.6) is 0 Å². The molecule has 0 saturated heterocycles. The first kappa shape index (κ1) is 31.2. The molecule has 0 aliphatic rings. The molecule has 33 heavy (non-hydrogen) atoms. The molecule has 0 aromatic heterocycles. The van der Waals surface area contributed by atoms with Crippen LogP contribution in [0.4, 0.5) is 0 Å². The molecule has 194 valence electrons. The van der Waals surface area contributed by atoms with Gasteiger partial charge in [-0.1, -0.05) is 97.3 Å². The van der Waals surface area contributed by atoms with Crippen molar-refractivity contribution in [3.63, 3.8) is 0 Å². The van der Waals surface area contributed by atoms with Crippen LogP contribution in [0, 0.1) is 5.41 Å². The van der Waals surface area contributed by atoms with E-state index >= 15 is 0 Å². The molecular weight excluding hydrogens is 414 g/mol. The number of carbonyl (C=O) groups is 2. The molecule has 0 aromatic rings. The van der Waals surface area contributed by atoms with Crippen molar-refractivity contribution in [3.05, 3.63) is 0 Å². The molecule has 1 unspecified atom stereocenters. The minimum absolute atomic E-state index is 0.0443. The minimum atomic E-state index is -0.523. The second-order valence-corrected chi connectivity index (χ2v) is 9.24. The molecule has 0 aliphatic carbocycles. The van der Waals surface area contributed by atoms with E-state index in [1.54, 1.807) is 0 Å². The quantitative estimate of drug-likeness (QED) is 0.0812. The van der Waals surface area contributed by atoms with E-state index in [9.17, 15) is 9.59 Å². The Morgan fingerprint density at radius 2 is 1.18 bits per heavy atom. The highest BCUT2D eigenvalue weighted by Crippen LogP contribution is 2.11. The van der Waals surface area contributed by atoms with Gasteiger partial charge >= 0.3 is 0 Å². The predicted octanol–water partition coefficient (Wildman–Crippen LogP) is 5.13. The third kappa shape index (κ3) is 21.8. The molecule has 0 spiro atoms. The number of nitrogens with one attached hydrogen (secondary N) is 4. The van der Waals surface area contributed by atoms with Gasteiger partial charge in [0.25, 0.3) is 0 Å². The van der Waals surface area contributed by atoms with Gasteiger partial charge in [-0.05, 0) is 25.7 Å². The lowest BCUT2D eigenvalue weighted by atomic mass is 10.1. The molecule has 0 rings (SSSR count). The van der Waals surface area contributed by atoms with Crippen LogP contribution in [0.15, 0.2) is 0 Å². The van der Waals surface area contributed by atoms with Crippen molar-refractivity contribution in [1.82, 2.24) is 16.0 Å². The van der Waals surface area contributed by atoms with Gasteiger partial charge in [0.05, 0.1) is 0 Å². The smallest absolute Gasteiger partial charge is 0.242 e. The lowest BCUT2D eigenvalue weighted by Crippen LogP contribution is -2.47. The van der Waals surface area contributed by atoms with Gasteiger partial charge in [0.1, 0.15) is 6.04 Å². The van der Waals surface area contributed by atoms with Crippen molar-refractivity contribution in [2.24, 2.45) is 5.73 Å². The molecule has 7 heteroatoms. The zero-order valence-corrected chi connectivity index (χ0v) is 21.6. The summed E-state index contributed by atoms with van der Waals surface area (Å²) in [6.07, 6.45) is 19.7. The maximum Gasteiger partial charge on any atom is 0.242 e. The van der Waals surface area contributed by atoms with Gasteiger partial charge in [0.15, 0.2) is 5.96 Å². The molecule has 2 amide bonds. The molecule has 0 heterocycles. The van der Waals surface area contributed by atoms with Gasteiger partial charge in [-0.25, -0.2) is 0 Å². The fraction of sp³-hybridized carbons (Fsp3) is 0.885. The average molecular weight is 468 g/mol. The first-order chi connectivity index (χ1) is 16.0. The maximum absolute atomic E-state index is 12.7. The Morgan fingerprint density at radius 1 is 0.697 bits per heavy atom. The topological polar surface area (TPSA) is 120 Å². The Balaban J connectivity index is 4.17. The van der Waals surface area contributed by atoms with Crippen LogP contribution in [0.25, 0.3) is 0 Å². The van der Waals surface area contributed by atoms with Gasteiger partial charge in [0, 0.05) is 19.5 Å². The van der Waals surface area contributed by atoms with Gasteiger partial charge < -0.3 is 21.7 Å². The number of guanidine groups is 1. The Bertz CT molecular complexity index is 499. The highest BCUT2D eigenvalue weighted by molar-refractivity contribution is 5.87. The van der Waals surface area contributed by atoms with Crippen molar-refractivity contribution >= 4 is 17.8 Å². The van der Waals surface area contributed by atoms with Crippen molar-refractivity contribution in [2.75, 3.05) is 13.1 Å². The molecular formula is C26H53N5O2. The molecule has 6 N–H and O–H groups in total. The SMILES string of the molecule is CCCCCCCCCCCC(=O)NC(CCCNC(=N)N)C(=O)NCCCCCCCC. The standard InChI is InChI=1S/C26H53N5O2/c1-3-5-7-9-11-12-13-14-16-20-24(32)31-23(19-18-22-30-26(27)28)25(33)29-21-17-15-10-8-6-4-2/h23H,3-22H2,1-2H3,(H,29,33)(H,31,32)(H4,27,28,30). The summed E-state index contributed by atoms with van der Waals surface area (Å²) in [5, 5.41) is 15.9. The summed E-state index contributed by atoms with van der Waals surface area (Å²) >= 11 is 0. The number of unbranched alkanes of at least 4 members (excludes halogenated alkanes) is 13. The number of rotatable bonds is 23. The van der Waals surface area contributed by atoms with Crippen LogP contribution >= 0.6 is 0 Å². The summed E-state index contributed by atoms with van der Waals surface area (Å²) in [6, 6.07) is -0.523. The largest absolute Gasteiger partial charge is 0.370 e. The maximum atomic E-state index is 12.7. The highest BCUT2D eigenvalue weighted by atomic mass is 16.2. The van der Waals surface area contributed by atoms with Crippen LogP contribution in [0.3, 0.4) is 0 Å². The molecule has 0 bridgehead atoms. The van der Waals surface area contributed by atoms with Crippen LogP contribution in [-0.4, -0.2) is 36.9 Å². The van der Waals surface area contributed by atoms with E-state index in [-0.39, 0.29) is 17.8 Å². The van der Waals surface area contributed by atoms with E-state index in [1.807, 2.05) is 0 Å². The average Bonchev–Trinajstić information content (AvgIpc) is 2.79. The fourth-order valence-electron chi connectivity index (χ4n) is 3.90. The van der Waals surface area contributed by atoms with Gasteiger partial charge in [-0.15, -0.1) is 0 Å². The van der Waals surface area contributed by atoms with Gasteiger partial charge in [-0.2, -0.15) is 0 Å². The van der Waals surface area contributed by atoms with Gasteiger partial charge in [0.2, 0.25) is 11.8 Å². The van der Waals surface area contributed by atoms with Crippen molar-refractivity contribution < 1.29 is 9.59 Å². The zero-order valence-electron chi connectivity index (χ0n) is 21.6.